The second kappa shape index (κ2) is 6.30. The lowest BCUT2D eigenvalue weighted by molar-refractivity contribution is 0.194. The SMILES string of the molecule is O=S(=O)([O-])CCOC(=S)OCCS(=O)(=O)[O-]. The Kier molecular flexibility index (Phi) is 6.10. The van der Waals surface area contributed by atoms with E-state index in [-0.39, 0.29) is 0 Å². The zero-order valence-electron chi connectivity index (χ0n) is 7.82. The summed E-state index contributed by atoms with van der Waals surface area (Å²) in [4.78, 5) is 0. The lowest BCUT2D eigenvalue weighted by Crippen LogP contribution is -2.18. The van der Waals surface area contributed by atoms with E-state index in [2.05, 4.69) is 21.7 Å². The first-order valence-corrected chi connectivity index (χ1v) is 7.33. The molecule has 8 nitrogen and oxygen atoms in total. The van der Waals surface area contributed by atoms with Gasteiger partial charge in [-0.15, -0.1) is 0 Å². The molecular formula is C5H8O8S3-2. The van der Waals surface area contributed by atoms with Gasteiger partial charge in [-0.3, -0.25) is 0 Å². The van der Waals surface area contributed by atoms with Crippen molar-refractivity contribution >= 4 is 37.7 Å². The fraction of sp³-hybridized carbons (Fsp3) is 0.800. The average molecular weight is 292 g/mol. The third kappa shape index (κ3) is 11.6. The van der Waals surface area contributed by atoms with Gasteiger partial charge in [-0.2, -0.15) is 0 Å². The Labute approximate surface area is 98.0 Å². The van der Waals surface area contributed by atoms with Crippen molar-refractivity contribution < 1.29 is 35.4 Å². The first-order valence-electron chi connectivity index (χ1n) is 3.77. The zero-order valence-corrected chi connectivity index (χ0v) is 10.3. The first kappa shape index (κ1) is 15.5. The van der Waals surface area contributed by atoms with Gasteiger partial charge in [0, 0.05) is 12.2 Å². The normalized spacial score (nSPS) is 12.1. The maximum absolute atomic E-state index is 10.1. The maximum Gasteiger partial charge on any atom is 0.352 e. The number of ether oxygens (including phenoxy) is 2. The second-order valence-corrected chi connectivity index (χ2v) is 5.85. The molecule has 0 N–H and O–H groups in total. The molecule has 11 heteroatoms. The van der Waals surface area contributed by atoms with E-state index in [0.29, 0.717) is 0 Å². The average Bonchev–Trinajstić information content (AvgIpc) is 1.98. The van der Waals surface area contributed by atoms with Crippen LogP contribution in [0.4, 0.5) is 0 Å². The summed E-state index contributed by atoms with van der Waals surface area (Å²) in [5.74, 6) is -1.56. The van der Waals surface area contributed by atoms with Crippen molar-refractivity contribution in [3.8, 4) is 0 Å². The minimum absolute atomic E-state index is 0.491. The molecular weight excluding hydrogens is 284 g/mol. The van der Waals surface area contributed by atoms with E-state index in [0.717, 1.165) is 0 Å². The topological polar surface area (TPSA) is 133 Å². The molecule has 0 aromatic carbocycles. The third-order valence-corrected chi connectivity index (χ3v) is 2.68. The Bertz CT molecular complexity index is 381. The fourth-order valence-electron chi connectivity index (χ4n) is 0.496. The predicted molar refractivity (Wildman–Crippen MR) is 53.6 cm³/mol. The zero-order chi connectivity index (χ0) is 12.8. The van der Waals surface area contributed by atoms with Crippen LogP contribution in [-0.2, 0) is 29.7 Å². The highest BCUT2D eigenvalue weighted by atomic mass is 32.2. The monoisotopic (exact) mass is 292 g/mol. The molecule has 0 saturated heterocycles. The van der Waals surface area contributed by atoms with E-state index < -0.39 is 50.2 Å². The summed E-state index contributed by atoms with van der Waals surface area (Å²) < 4.78 is 69.6. The lowest BCUT2D eigenvalue weighted by Gasteiger charge is -2.11. The smallest absolute Gasteiger partial charge is 0.352 e. The molecule has 0 rings (SSSR count). The van der Waals surface area contributed by atoms with E-state index in [1.54, 1.807) is 0 Å². The van der Waals surface area contributed by atoms with E-state index in [4.69, 9.17) is 0 Å². The summed E-state index contributed by atoms with van der Waals surface area (Å²) in [6.45, 7) is -0.983. The molecule has 0 amide bonds. The van der Waals surface area contributed by atoms with Gasteiger partial charge in [0.25, 0.3) is 0 Å². The molecule has 0 aliphatic heterocycles. The summed E-state index contributed by atoms with van der Waals surface area (Å²) >= 11 is 4.39. The van der Waals surface area contributed by atoms with Crippen molar-refractivity contribution in [1.82, 2.24) is 0 Å². The van der Waals surface area contributed by atoms with Gasteiger partial charge in [0.2, 0.25) is 0 Å². The standard InChI is InChI=1S/C5H10O8S3/c6-15(7,8)3-1-12-5(14)13-2-4-16(9,10)11/h1-4H2,(H,6,7,8)(H,9,10,11)/p-2. The third-order valence-electron chi connectivity index (χ3n) is 1.11. The van der Waals surface area contributed by atoms with Crippen molar-refractivity contribution in [2.75, 3.05) is 24.7 Å². The molecule has 0 spiro atoms. The molecule has 0 bridgehead atoms. The summed E-state index contributed by atoms with van der Waals surface area (Å²) in [6, 6.07) is 0. The molecule has 0 fully saturated rings. The Balaban J connectivity index is 3.69. The molecule has 0 saturated carbocycles. The van der Waals surface area contributed by atoms with Crippen molar-refractivity contribution in [2.24, 2.45) is 0 Å². The van der Waals surface area contributed by atoms with Gasteiger partial charge in [0.15, 0.2) is 0 Å². The molecule has 0 heterocycles. The molecule has 0 unspecified atom stereocenters. The van der Waals surface area contributed by atoms with Crippen LogP contribution in [0, 0.1) is 0 Å². The van der Waals surface area contributed by atoms with Gasteiger partial charge < -0.3 is 18.6 Å². The van der Waals surface area contributed by atoms with Crippen LogP contribution < -0.4 is 0 Å². The molecule has 16 heavy (non-hydrogen) atoms. The van der Waals surface area contributed by atoms with Gasteiger partial charge in [-0.05, 0) is 0 Å². The highest BCUT2D eigenvalue weighted by Crippen LogP contribution is 1.91. The summed E-state index contributed by atoms with van der Waals surface area (Å²) in [5.41, 5.74) is 0. The van der Waals surface area contributed by atoms with Crippen molar-refractivity contribution in [3.63, 3.8) is 0 Å². The van der Waals surface area contributed by atoms with Gasteiger partial charge in [0.1, 0.15) is 13.2 Å². The molecule has 0 aromatic rings. The van der Waals surface area contributed by atoms with Gasteiger partial charge >= 0.3 is 5.24 Å². The van der Waals surface area contributed by atoms with E-state index in [1.165, 1.54) is 0 Å². The molecule has 0 radical (unpaired) electrons. The summed E-state index contributed by atoms with van der Waals surface area (Å²) in [6.07, 6.45) is 0. The quantitative estimate of drug-likeness (QED) is 0.419. The van der Waals surface area contributed by atoms with Crippen LogP contribution >= 0.6 is 12.2 Å². The fourth-order valence-corrected chi connectivity index (χ4v) is 1.24. The Morgan fingerprint density at radius 1 is 0.938 bits per heavy atom. The van der Waals surface area contributed by atoms with Crippen LogP contribution in [0.5, 0.6) is 0 Å². The largest absolute Gasteiger partial charge is 0.748 e. The number of rotatable bonds is 6. The van der Waals surface area contributed by atoms with Gasteiger partial charge in [-0.25, -0.2) is 16.8 Å². The van der Waals surface area contributed by atoms with E-state index >= 15 is 0 Å². The predicted octanol–water partition coefficient (Wildman–Crippen LogP) is -1.61. The van der Waals surface area contributed by atoms with E-state index in [1.807, 2.05) is 0 Å². The van der Waals surface area contributed by atoms with Crippen LogP contribution in [0.25, 0.3) is 0 Å². The highest BCUT2D eigenvalue weighted by Gasteiger charge is 2.02. The maximum atomic E-state index is 10.1. The van der Waals surface area contributed by atoms with Crippen LogP contribution in [0.2, 0.25) is 0 Å². The minimum atomic E-state index is -4.40. The molecule has 0 aliphatic rings. The van der Waals surface area contributed by atoms with Gasteiger partial charge in [-0.1, -0.05) is 0 Å². The first-order chi connectivity index (χ1) is 7.10. The van der Waals surface area contributed by atoms with Crippen LogP contribution in [0.1, 0.15) is 0 Å². The van der Waals surface area contributed by atoms with Crippen LogP contribution in [0.3, 0.4) is 0 Å². The molecule has 96 valence electrons. The van der Waals surface area contributed by atoms with E-state index in [9.17, 15) is 25.9 Å². The lowest BCUT2D eigenvalue weighted by atomic mass is 10.8. The van der Waals surface area contributed by atoms with Crippen molar-refractivity contribution in [2.45, 2.75) is 0 Å². The Morgan fingerprint density at radius 3 is 1.50 bits per heavy atom. The summed E-state index contributed by atoms with van der Waals surface area (Å²) in [5, 5.41) is -0.521. The van der Waals surface area contributed by atoms with Crippen LogP contribution in [0.15, 0.2) is 0 Å². The highest BCUT2D eigenvalue weighted by molar-refractivity contribution is 7.86. The van der Waals surface area contributed by atoms with Crippen LogP contribution in [-0.4, -0.2) is 55.9 Å². The minimum Gasteiger partial charge on any atom is -0.748 e. The second-order valence-electron chi connectivity index (χ2n) is 2.47. The number of hydrogen-bond acceptors (Lipinski definition) is 9. The molecule has 0 aromatic heterocycles. The Morgan fingerprint density at radius 2 is 1.25 bits per heavy atom. The molecule has 0 atom stereocenters. The number of hydrogen-bond donors (Lipinski definition) is 0. The molecule has 0 aliphatic carbocycles. The van der Waals surface area contributed by atoms with Crippen molar-refractivity contribution in [1.29, 1.82) is 0 Å². The van der Waals surface area contributed by atoms with Crippen molar-refractivity contribution in [3.05, 3.63) is 0 Å². The number of thiocarbonyl (C=S) groups is 1. The summed E-state index contributed by atoms with van der Waals surface area (Å²) in [7, 11) is -8.80. The van der Waals surface area contributed by atoms with Gasteiger partial charge in [0.05, 0.1) is 31.7 Å². The Hall–Kier alpha value is -0.490.